The lowest BCUT2D eigenvalue weighted by molar-refractivity contribution is -0.170. The molecule has 2 atom stereocenters. The summed E-state index contributed by atoms with van der Waals surface area (Å²) in [6, 6.07) is 18.6. The molecular weight excluding hydrogens is 426 g/mol. The van der Waals surface area contributed by atoms with Crippen molar-refractivity contribution in [3.05, 3.63) is 78.1 Å². The second-order valence-electron chi connectivity index (χ2n) is 9.65. The second-order valence-corrected chi connectivity index (χ2v) is 9.65. The molecule has 2 aliphatic rings. The van der Waals surface area contributed by atoms with Gasteiger partial charge in [-0.25, -0.2) is 0 Å². The van der Waals surface area contributed by atoms with E-state index in [1.807, 2.05) is 41.6 Å². The van der Waals surface area contributed by atoms with Crippen molar-refractivity contribution in [1.82, 2.24) is 14.8 Å². The fourth-order valence-electron chi connectivity index (χ4n) is 5.34. The van der Waals surface area contributed by atoms with Crippen molar-refractivity contribution < 1.29 is 14.3 Å². The normalized spacial score (nSPS) is 24.1. The predicted octanol–water partition coefficient (Wildman–Crippen LogP) is 3.20. The number of pyridine rings is 1. The number of amides is 1. The Morgan fingerprint density at radius 2 is 1.97 bits per heavy atom. The first kappa shape index (κ1) is 23.0. The molecule has 34 heavy (non-hydrogen) atoms. The van der Waals surface area contributed by atoms with Gasteiger partial charge in [-0.2, -0.15) is 0 Å². The number of hydrogen-bond acceptors (Lipinski definition) is 5. The van der Waals surface area contributed by atoms with Gasteiger partial charge in [-0.1, -0.05) is 48.5 Å². The van der Waals surface area contributed by atoms with Gasteiger partial charge in [0.1, 0.15) is 0 Å². The summed E-state index contributed by atoms with van der Waals surface area (Å²) in [5.41, 5.74) is 1.50. The SMILES string of the molecule is CN1CCO[C@](Cc2ccccc2)(C(=O)N2CCOC[C@@H](Cc3cccc4ccncc34)C2)C1. The first-order chi connectivity index (χ1) is 16.6. The van der Waals surface area contributed by atoms with E-state index in [9.17, 15) is 4.79 Å². The summed E-state index contributed by atoms with van der Waals surface area (Å²) >= 11 is 0. The van der Waals surface area contributed by atoms with Crippen molar-refractivity contribution in [2.75, 3.05) is 53.0 Å². The minimum absolute atomic E-state index is 0.0815. The Kier molecular flexibility index (Phi) is 6.90. The molecule has 0 N–H and O–H groups in total. The van der Waals surface area contributed by atoms with Crippen LogP contribution in [0.4, 0.5) is 0 Å². The molecule has 3 aromatic rings. The van der Waals surface area contributed by atoms with Crippen molar-refractivity contribution >= 4 is 16.7 Å². The summed E-state index contributed by atoms with van der Waals surface area (Å²) in [5, 5.41) is 2.36. The van der Waals surface area contributed by atoms with Crippen LogP contribution in [0, 0.1) is 5.92 Å². The van der Waals surface area contributed by atoms with E-state index in [1.54, 1.807) is 0 Å². The number of nitrogens with zero attached hydrogens (tertiary/aromatic N) is 3. The number of aromatic nitrogens is 1. The monoisotopic (exact) mass is 459 g/mol. The number of benzene rings is 2. The molecule has 0 aliphatic carbocycles. The van der Waals surface area contributed by atoms with Gasteiger partial charge in [0.2, 0.25) is 0 Å². The zero-order valence-electron chi connectivity index (χ0n) is 19.9. The summed E-state index contributed by atoms with van der Waals surface area (Å²) in [5.74, 6) is 0.297. The number of ether oxygens (including phenoxy) is 2. The van der Waals surface area contributed by atoms with Gasteiger partial charge in [-0.15, -0.1) is 0 Å². The number of carbonyl (C=O) groups is 1. The van der Waals surface area contributed by atoms with Crippen LogP contribution in [-0.4, -0.2) is 79.3 Å². The van der Waals surface area contributed by atoms with Gasteiger partial charge >= 0.3 is 0 Å². The molecule has 6 nitrogen and oxygen atoms in total. The standard InChI is InChI=1S/C28H33N3O3/c1-30-12-15-34-28(21-30,17-22-6-3-2-4-7-22)27(32)31-13-14-33-20-23(19-31)16-25-9-5-8-24-10-11-29-18-26(24)25/h2-11,18,23H,12-17,19-21H2,1H3/t23-,28-/m0/s1. The Bertz CT molecular complexity index is 1120. The Morgan fingerprint density at radius 1 is 1.09 bits per heavy atom. The molecule has 0 spiro atoms. The Labute approximate surface area is 201 Å². The molecular formula is C28H33N3O3. The van der Waals surface area contributed by atoms with Gasteiger partial charge in [-0.3, -0.25) is 9.78 Å². The minimum atomic E-state index is -0.868. The van der Waals surface area contributed by atoms with Crippen LogP contribution in [0.3, 0.4) is 0 Å². The third-order valence-electron chi connectivity index (χ3n) is 7.01. The third kappa shape index (κ3) is 4.99. The molecule has 0 saturated carbocycles. The van der Waals surface area contributed by atoms with E-state index >= 15 is 0 Å². The smallest absolute Gasteiger partial charge is 0.256 e. The Morgan fingerprint density at radius 3 is 2.82 bits per heavy atom. The third-order valence-corrected chi connectivity index (χ3v) is 7.01. The topological polar surface area (TPSA) is 54.9 Å². The van der Waals surface area contributed by atoms with Gasteiger partial charge in [0, 0.05) is 56.3 Å². The van der Waals surface area contributed by atoms with Gasteiger partial charge < -0.3 is 19.3 Å². The maximum Gasteiger partial charge on any atom is 0.256 e. The van der Waals surface area contributed by atoms with Crippen LogP contribution >= 0.6 is 0 Å². The molecule has 178 valence electrons. The second kappa shape index (κ2) is 10.2. The number of morpholine rings is 1. The lowest BCUT2D eigenvalue weighted by Crippen LogP contribution is -2.61. The minimum Gasteiger partial charge on any atom is -0.379 e. The predicted molar refractivity (Wildman–Crippen MR) is 133 cm³/mol. The molecule has 3 heterocycles. The van der Waals surface area contributed by atoms with Crippen molar-refractivity contribution in [2.24, 2.45) is 5.92 Å². The van der Waals surface area contributed by atoms with Gasteiger partial charge in [0.15, 0.2) is 5.60 Å². The number of hydrogen-bond donors (Lipinski definition) is 0. The highest BCUT2D eigenvalue weighted by Crippen LogP contribution is 2.28. The quantitative estimate of drug-likeness (QED) is 0.587. The summed E-state index contributed by atoms with van der Waals surface area (Å²) in [4.78, 5) is 22.6. The molecule has 2 aromatic carbocycles. The van der Waals surface area contributed by atoms with E-state index in [0.717, 1.165) is 18.5 Å². The van der Waals surface area contributed by atoms with Crippen LogP contribution in [0.5, 0.6) is 0 Å². The summed E-state index contributed by atoms with van der Waals surface area (Å²) < 4.78 is 12.3. The largest absolute Gasteiger partial charge is 0.379 e. The van der Waals surface area contributed by atoms with E-state index < -0.39 is 5.60 Å². The zero-order valence-corrected chi connectivity index (χ0v) is 19.9. The molecule has 5 rings (SSSR count). The fraction of sp³-hybridized carbons (Fsp3) is 0.429. The average Bonchev–Trinajstić information content (AvgIpc) is 3.10. The van der Waals surface area contributed by atoms with E-state index in [2.05, 4.69) is 47.3 Å². The van der Waals surface area contributed by atoms with Crippen LogP contribution in [-0.2, 0) is 27.1 Å². The van der Waals surface area contributed by atoms with Crippen molar-refractivity contribution in [2.45, 2.75) is 18.4 Å². The van der Waals surface area contributed by atoms with E-state index in [4.69, 9.17) is 9.47 Å². The lowest BCUT2D eigenvalue weighted by atomic mass is 9.90. The fourth-order valence-corrected chi connectivity index (χ4v) is 5.34. The average molecular weight is 460 g/mol. The number of rotatable bonds is 5. The van der Waals surface area contributed by atoms with Crippen molar-refractivity contribution in [1.29, 1.82) is 0 Å². The van der Waals surface area contributed by atoms with E-state index in [1.165, 1.54) is 16.3 Å². The highest BCUT2D eigenvalue weighted by molar-refractivity contribution is 5.86. The molecule has 1 amide bonds. The summed E-state index contributed by atoms with van der Waals surface area (Å²) in [7, 11) is 2.07. The Balaban J connectivity index is 1.38. The van der Waals surface area contributed by atoms with E-state index in [0.29, 0.717) is 45.9 Å². The highest BCUT2D eigenvalue weighted by Gasteiger charge is 2.46. The molecule has 2 saturated heterocycles. The van der Waals surface area contributed by atoms with E-state index in [-0.39, 0.29) is 11.8 Å². The zero-order chi connectivity index (χ0) is 23.4. The van der Waals surface area contributed by atoms with Crippen LogP contribution < -0.4 is 0 Å². The van der Waals surface area contributed by atoms with Gasteiger partial charge in [0.05, 0.1) is 19.8 Å². The summed E-state index contributed by atoms with van der Waals surface area (Å²) in [6.07, 6.45) is 5.19. The lowest BCUT2D eigenvalue weighted by Gasteiger charge is -2.43. The van der Waals surface area contributed by atoms with Crippen LogP contribution in [0.1, 0.15) is 11.1 Å². The van der Waals surface area contributed by atoms with Crippen LogP contribution in [0.25, 0.3) is 10.8 Å². The number of likely N-dealkylation sites (N-methyl/N-ethyl adjacent to an activating group) is 1. The molecule has 0 bridgehead atoms. The Hall–Kier alpha value is -2.80. The number of carbonyl (C=O) groups excluding carboxylic acids is 1. The van der Waals surface area contributed by atoms with Crippen LogP contribution in [0.2, 0.25) is 0 Å². The molecule has 2 fully saturated rings. The molecule has 6 heteroatoms. The first-order valence-electron chi connectivity index (χ1n) is 12.2. The molecule has 0 radical (unpaired) electrons. The van der Waals surface area contributed by atoms with Crippen LogP contribution in [0.15, 0.2) is 67.0 Å². The van der Waals surface area contributed by atoms with Gasteiger partial charge in [0.25, 0.3) is 5.91 Å². The molecule has 0 unspecified atom stereocenters. The number of fused-ring (bicyclic) bond motifs is 1. The highest BCUT2D eigenvalue weighted by atomic mass is 16.5. The van der Waals surface area contributed by atoms with Crippen molar-refractivity contribution in [3.63, 3.8) is 0 Å². The maximum absolute atomic E-state index is 14.1. The molecule has 1 aromatic heterocycles. The molecule has 2 aliphatic heterocycles. The summed E-state index contributed by atoms with van der Waals surface area (Å²) in [6.45, 7) is 4.45. The first-order valence-corrected chi connectivity index (χ1v) is 12.2. The van der Waals surface area contributed by atoms with Gasteiger partial charge in [-0.05, 0) is 36.0 Å². The maximum atomic E-state index is 14.1. The van der Waals surface area contributed by atoms with Crippen molar-refractivity contribution in [3.8, 4) is 0 Å².